The number of pyridine rings is 1. The molecule has 1 amide bonds. The van der Waals surface area contributed by atoms with Gasteiger partial charge in [-0.05, 0) is 43.9 Å². The summed E-state index contributed by atoms with van der Waals surface area (Å²) in [5, 5.41) is 7.09. The Morgan fingerprint density at radius 2 is 2.03 bits per heavy atom. The molecule has 0 spiro atoms. The van der Waals surface area contributed by atoms with Crippen LogP contribution in [0.2, 0.25) is 0 Å². The zero-order valence-electron chi connectivity index (χ0n) is 16.3. The molecule has 7 heteroatoms. The molecule has 0 radical (unpaired) electrons. The lowest BCUT2D eigenvalue weighted by Crippen LogP contribution is -2.43. The first-order valence-electron chi connectivity index (χ1n) is 10.0. The monoisotopic (exact) mass is 389 g/mol. The Balaban J connectivity index is 1.22. The number of amides is 1. The molecule has 7 nitrogen and oxygen atoms in total. The zero-order valence-corrected chi connectivity index (χ0v) is 16.3. The standard InChI is InChI=1S/C22H23N5O2/c1-15-24-20(29-26-15)16-7-8-19(23-13-16)27-12-9-18(14-27)25-21(28)22(10-11-22)17-5-3-2-4-6-17/h2-8,13,18H,9-12,14H2,1H3,(H,25,28)/t18-/m0/s1. The fourth-order valence-corrected chi connectivity index (χ4v) is 4.05. The van der Waals surface area contributed by atoms with Crippen molar-refractivity contribution in [2.75, 3.05) is 18.0 Å². The molecule has 3 aromatic rings. The lowest BCUT2D eigenvalue weighted by molar-refractivity contribution is -0.124. The van der Waals surface area contributed by atoms with Crippen molar-refractivity contribution < 1.29 is 9.32 Å². The number of aromatic nitrogens is 3. The van der Waals surface area contributed by atoms with E-state index < -0.39 is 0 Å². The minimum Gasteiger partial charge on any atom is -0.354 e. The number of aryl methyl sites for hydroxylation is 1. The molecule has 0 bridgehead atoms. The Bertz CT molecular complexity index is 1010. The van der Waals surface area contributed by atoms with Gasteiger partial charge in [0.15, 0.2) is 5.82 Å². The van der Waals surface area contributed by atoms with Gasteiger partial charge in [0.05, 0.1) is 11.0 Å². The second kappa shape index (κ2) is 6.99. The van der Waals surface area contributed by atoms with Crippen molar-refractivity contribution in [2.45, 2.75) is 37.6 Å². The smallest absolute Gasteiger partial charge is 0.259 e. The molecule has 1 aliphatic heterocycles. The molecule has 1 aromatic carbocycles. The Labute approximate surface area is 169 Å². The SMILES string of the molecule is Cc1noc(-c2ccc(N3CC[C@H](NC(=O)C4(c5ccccc5)CC4)C3)nc2)n1. The minimum absolute atomic E-state index is 0.142. The molecule has 29 heavy (non-hydrogen) atoms. The van der Waals surface area contributed by atoms with Gasteiger partial charge in [-0.15, -0.1) is 0 Å². The van der Waals surface area contributed by atoms with Gasteiger partial charge in [-0.25, -0.2) is 4.98 Å². The topological polar surface area (TPSA) is 84.2 Å². The summed E-state index contributed by atoms with van der Waals surface area (Å²) >= 11 is 0. The van der Waals surface area contributed by atoms with Gasteiger partial charge < -0.3 is 14.7 Å². The van der Waals surface area contributed by atoms with Crippen LogP contribution in [0.25, 0.3) is 11.5 Å². The number of rotatable bonds is 5. The van der Waals surface area contributed by atoms with Crippen molar-refractivity contribution in [1.82, 2.24) is 20.4 Å². The molecular weight excluding hydrogens is 366 g/mol. The van der Waals surface area contributed by atoms with E-state index in [0.29, 0.717) is 11.7 Å². The summed E-state index contributed by atoms with van der Waals surface area (Å²) < 4.78 is 5.19. The van der Waals surface area contributed by atoms with Crippen LogP contribution in [-0.4, -0.2) is 40.2 Å². The maximum Gasteiger partial charge on any atom is 0.259 e. The molecule has 0 unspecified atom stereocenters. The van der Waals surface area contributed by atoms with Crippen molar-refractivity contribution in [1.29, 1.82) is 0 Å². The second-order valence-electron chi connectivity index (χ2n) is 7.91. The molecule has 148 valence electrons. The fraction of sp³-hybridized carbons (Fsp3) is 0.364. The Morgan fingerprint density at radius 1 is 1.21 bits per heavy atom. The summed E-state index contributed by atoms with van der Waals surface area (Å²) in [5.41, 5.74) is 1.61. The van der Waals surface area contributed by atoms with Gasteiger partial charge >= 0.3 is 0 Å². The quantitative estimate of drug-likeness (QED) is 0.722. The number of nitrogens with one attached hydrogen (secondary N) is 1. The van der Waals surface area contributed by atoms with Crippen molar-refractivity contribution in [3.05, 3.63) is 60.0 Å². The zero-order chi connectivity index (χ0) is 19.8. The predicted molar refractivity (Wildman–Crippen MR) is 108 cm³/mol. The van der Waals surface area contributed by atoms with Gasteiger partial charge in [0.1, 0.15) is 5.82 Å². The van der Waals surface area contributed by atoms with E-state index in [1.165, 1.54) is 0 Å². The highest BCUT2D eigenvalue weighted by molar-refractivity contribution is 5.91. The summed E-state index contributed by atoms with van der Waals surface area (Å²) in [6, 6.07) is 14.2. The second-order valence-corrected chi connectivity index (χ2v) is 7.91. The summed E-state index contributed by atoms with van der Waals surface area (Å²) in [7, 11) is 0. The number of carbonyl (C=O) groups is 1. The first kappa shape index (κ1) is 17.8. The van der Waals surface area contributed by atoms with Gasteiger partial charge in [0, 0.05) is 25.3 Å². The maximum absolute atomic E-state index is 13.0. The van der Waals surface area contributed by atoms with E-state index in [1.807, 2.05) is 30.3 Å². The van der Waals surface area contributed by atoms with Crippen LogP contribution < -0.4 is 10.2 Å². The number of anilines is 1. The van der Waals surface area contributed by atoms with Crippen LogP contribution in [0, 0.1) is 6.92 Å². The van der Waals surface area contributed by atoms with E-state index in [4.69, 9.17) is 4.52 Å². The van der Waals surface area contributed by atoms with E-state index >= 15 is 0 Å². The van der Waals surface area contributed by atoms with Crippen LogP contribution in [0.4, 0.5) is 5.82 Å². The highest BCUT2D eigenvalue weighted by Crippen LogP contribution is 2.48. The van der Waals surface area contributed by atoms with Crippen LogP contribution in [0.3, 0.4) is 0 Å². The summed E-state index contributed by atoms with van der Waals surface area (Å²) in [6.45, 7) is 3.43. The van der Waals surface area contributed by atoms with Crippen molar-refractivity contribution in [3.8, 4) is 11.5 Å². The highest BCUT2D eigenvalue weighted by atomic mass is 16.5. The third kappa shape index (κ3) is 3.37. The molecule has 3 heterocycles. The van der Waals surface area contributed by atoms with E-state index in [2.05, 4.69) is 37.5 Å². The van der Waals surface area contributed by atoms with E-state index in [-0.39, 0.29) is 17.4 Å². The van der Waals surface area contributed by atoms with Crippen LogP contribution in [0.1, 0.15) is 30.7 Å². The molecule has 5 rings (SSSR count). The normalized spacial score (nSPS) is 19.9. The van der Waals surface area contributed by atoms with Gasteiger partial charge in [-0.1, -0.05) is 35.5 Å². The van der Waals surface area contributed by atoms with E-state index in [0.717, 1.165) is 49.3 Å². The van der Waals surface area contributed by atoms with Crippen molar-refractivity contribution in [2.24, 2.45) is 0 Å². The molecule has 2 fully saturated rings. The van der Waals surface area contributed by atoms with Crippen LogP contribution >= 0.6 is 0 Å². The number of hydrogen-bond acceptors (Lipinski definition) is 6. The lowest BCUT2D eigenvalue weighted by Gasteiger charge is -2.21. The Hall–Kier alpha value is -3.22. The molecule has 2 aromatic heterocycles. The molecule has 1 saturated heterocycles. The van der Waals surface area contributed by atoms with Crippen LogP contribution in [0.5, 0.6) is 0 Å². The number of carbonyl (C=O) groups excluding carboxylic acids is 1. The third-order valence-corrected chi connectivity index (χ3v) is 5.88. The molecule has 1 aliphatic carbocycles. The van der Waals surface area contributed by atoms with Gasteiger partial charge in [0.2, 0.25) is 5.91 Å². The summed E-state index contributed by atoms with van der Waals surface area (Å²) in [4.78, 5) is 23.9. The average Bonchev–Trinajstić information content (AvgIpc) is 3.26. The molecule has 1 saturated carbocycles. The molecule has 1 N–H and O–H groups in total. The van der Waals surface area contributed by atoms with E-state index in [9.17, 15) is 4.79 Å². The predicted octanol–water partition coefficient (Wildman–Crippen LogP) is 2.87. The third-order valence-electron chi connectivity index (χ3n) is 5.88. The molecular formula is C22H23N5O2. The van der Waals surface area contributed by atoms with Crippen molar-refractivity contribution >= 4 is 11.7 Å². The Morgan fingerprint density at radius 3 is 2.69 bits per heavy atom. The number of hydrogen-bond donors (Lipinski definition) is 1. The largest absolute Gasteiger partial charge is 0.354 e. The average molecular weight is 389 g/mol. The maximum atomic E-state index is 13.0. The summed E-state index contributed by atoms with van der Waals surface area (Å²) in [5.74, 6) is 2.13. The molecule has 1 atom stereocenters. The lowest BCUT2D eigenvalue weighted by atomic mass is 9.94. The van der Waals surface area contributed by atoms with Crippen LogP contribution in [-0.2, 0) is 10.2 Å². The van der Waals surface area contributed by atoms with Gasteiger partial charge in [-0.2, -0.15) is 4.98 Å². The fourth-order valence-electron chi connectivity index (χ4n) is 4.05. The highest BCUT2D eigenvalue weighted by Gasteiger charge is 2.51. The van der Waals surface area contributed by atoms with Crippen LogP contribution in [0.15, 0.2) is 53.2 Å². The van der Waals surface area contributed by atoms with Gasteiger partial charge in [-0.3, -0.25) is 4.79 Å². The van der Waals surface area contributed by atoms with Crippen molar-refractivity contribution in [3.63, 3.8) is 0 Å². The number of benzene rings is 1. The first-order valence-corrected chi connectivity index (χ1v) is 10.0. The summed E-state index contributed by atoms with van der Waals surface area (Å²) in [6.07, 6.45) is 4.53. The minimum atomic E-state index is -0.323. The van der Waals surface area contributed by atoms with E-state index in [1.54, 1.807) is 13.1 Å². The van der Waals surface area contributed by atoms with Gasteiger partial charge in [0.25, 0.3) is 5.89 Å². The number of nitrogens with zero attached hydrogens (tertiary/aromatic N) is 4. The molecule has 2 aliphatic rings. The first-order chi connectivity index (χ1) is 14.1. The Kier molecular flexibility index (Phi) is 4.30.